The Morgan fingerprint density at radius 1 is 1.08 bits per heavy atom. The van der Waals surface area contributed by atoms with Crippen molar-refractivity contribution >= 4 is 5.91 Å². The van der Waals surface area contributed by atoms with Gasteiger partial charge in [-0.2, -0.15) is 0 Å². The van der Waals surface area contributed by atoms with Crippen LogP contribution in [0.2, 0.25) is 0 Å². The molecule has 138 valence electrons. The minimum atomic E-state index is -0.257. The molecule has 1 amide bonds. The number of carbonyl (C=O) groups excluding carboxylic acids is 1. The molecule has 1 N–H and O–H groups in total. The quantitative estimate of drug-likeness (QED) is 0.771. The van der Waals surface area contributed by atoms with Crippen molar-refractivity contribution in [1.82, 2.24) is 4.90 Å². The molecule has 0 aromatic heterocycles. The van der Waals surface area contributed by atoms with Gasteiger partial charge in [-0.25, -0.2) is 0 Å². The van der Waals surface area contributed by atoms with Gasteiger partial charge >= 0.3 is 0 Å². The topological polar surface area (TPSA) is 59.0 Å². The summed E-state index contributed by atoms with van der Waals surface area (Å²) in [5.41, 5.74) is 0. The molecule has 5 heteroatoms. The van der Waals surface area contributed by atoms with Crippen molar-refractivity contribution in [2.24, 2.45) is 5.92 Å². The van der Waals surface area contributed by atoms with E-state index in [-0.39, 0.29) is 30.6 Å². The van der Waals surface area contributed by atoms with Gasteiger partial charge in [0.1, 0.15) is 19.0 Å². The second kappa shape index (κ2) is 9.20. The molecule has 3 rings (SSSR count). The van der Waals surface area contributed by atoms with Crippen molar-refractivity contribution in [1.29, 1.82) is 0 Å². The van der Waals surface area contributed by atoms with Gasteiger partial charge < -0.3 is 19.5 Å². The standard InChI is InChI=1S/C20H29NO4/c22-19-11-5-4-9-17(19)18-10-6-12-21(18)20(23)15-24-13-14-25-16-7-2-1-3-8-16/h1-3,7-8,17-19,22H,4-6,9-15H2/t17-,18+,19+/m0/s1. The Morgan fingerprint density at radius 3 is 2.68 bits per heavy atom. The second-order valence-electron chi connectivity index (χ2n) is 7.03. The van der Waals surface area contributed by atoms with Gasteiger partial charge in [0, 0.05) is 18.5 Å². The summed E-state index contributed by atoms with van der Waals surface area (Å²) in [6.07, 6.45) is 5.93. The van der Waals surface area contributed by atoms with Crippen molar-refractivity contribution in [2.75, 3.05) is 26.4 Å². The Kier molecular flexibility index (Phi) is 6.70. The summed E-state index contributed by atoms with van der Waals surface area (Å²) < 4.78 is 11.1. The van der Waals surface area contributed by atoms with E-state index in [1.165, 1.54) is 0 Å². The van der Waals surface area contributed by atoms with Crippen LogP contribution in [-0.2, 0) is 9.53 Å². The SMILES string of the molecule is O=C(COCCOc1ccccc1)N1CCC[C@@H]1[C@@H]1CCCC[C@H]1O. The fourth-order valence-corrected chi connectivity index (χ4v) is 4.11. The summed E-state index contributed by atoms with van der Waals surface area (Å²) in [4.78, 5) is 14.5. The lowest BCUT2D eigenvalue weighted by Crippen LogP contribution is -2.46. The molecular formula is C20H29NO4. The number of nitrogens with zero attached hydrogens (tertiary/aromatic N) is 1. The zero-order chi connectivity index (χ0) is 17.5. The maximum absolute atomic E-state index is 12.5. The van der Waals surface area contributed by atoms with Crippen LogP contribution in [0.4, 0.5) is 0 Å². The smallest absolute Gasteiger partial charge is 0.248 e. The molecule has 1 saturated heterocycles. The molecule has 0 spiro atoms. The van der Waals surface area contributed by atoms with Crippen LogP contribution in [0, 0.1) is 5.92 Å². The predicted octanol–water partition coefficient (Wildman–Crippen LogP) is 2.62. The number of likely N-dealkylation sites (tertiary alicyclic amines) is 1. The third-order valence-electron chi connectivity index (χ3n) is 5.36. The molecule has 1 aromatic rings. The number of amides is 1. The number of ether oxygens (including phenoxy) is 2. The molecular weight excluding hydrogens is 318 g/mol. The first-order valence-corrected chi connectivity index (χ1v) is 9.49. The molecule has 3 atom stereocenters. The molecule has 1 saturated carbocycles. The van der Waals surface area contributed by atoms with Gasteiger partial charge in [-0.1, -0.05) is 31.0 Å². The van der Waals surface area contributed by atoms with E-state index in [2.05, 4.69) is 0 Å². The van der Waals surface area contributed by atoms with Gasteiger partial charge in [-0.3, -0.25) is 4.79 Å². The molecule has 25 heavy (non-hydrogen) atoms. The van der Waals surface area contributed by atoms with Crippen LogP contribution in [0.3, 0.4) is 0 Å². The maximum Gasteiger partial charge on any atom is 0.248 e. The highest BCUT2D eigenvalue weighted by molar-refractivity contribution is 5.78. The molecule has 1 heterocycles. The Labute approximate surface area is 149 Å². The van der Waals surface area contributed by atoms with E-state index < -0.39 is 0 Å². The molecule has 5 nitrogen and oxygen atoms in total. The van der Waals surface area contributed by atoms with Crippen molar-refractivity contribution in [2.45, 2.75) is 50.7 Å². The third kappa shape index (κ3) is 4.95. The molecule has 1 aliphatic carbocycles. The summed E-state index contributed by atoms with van der Waals surface area (Å²) in [5, 5.41) is 10.3. The van der Waals surface area contributed by atoms with E-state index >= 15 is 0 Å². The van der Waals surface area contributed by atoms with Crippen LogP contribution in [0.5, 0.6) is 5.75 Å². The molecule has 2 fully saturated rings. The summed E-state index contributed by atoms with van der Waals surface area (Å²) >= 11 is 0. The molecule has 0 unspecified atom stereocenters. The zero-order valence-electron chi connectivity index (χ0n) is 14.8. The highest BCUT2D eigenvalue weighted by atomic mass is 16.5. The van der Waals surface area contributed by atoms with Crippen molar-refractivity contribution in [3.8, 4) is 5.75 Å². The highest BCUT2D eigenvalue weighted by Gasteiger charge is 2.38. The molecule has 0 bridgehead atoms. The number of aliphatic hydroxyl groups excluding tert-OH is 1. The van der Waals surface area contributed by atoms with Crippen LogP contribution in [0.15, 0.2) is 30.3 Å². The van der Waals surface area contributed by atoms with Crippen LogP contribution in [0.25, 0.3) is 0 Å². The Hall–Kier alpha value is -1.59. The number of carbonyl (C=O) groups is 1. The highest BCUT2D eigenvalue weighted by Crippen LogP contribution is 2.34. The van der Waals surface area contributed by atoms with Gasteiger partial charge in [0.15, 0.2) is 0 Å². The van der Waals surface area contributed by atoms with E-state index in [0.717, 1.165) is 50.8 Å². The lowest BCUT2D eigenvalue weighted by molar-refractivity contribution is -0.139. The average molecular weight is 347 g/mol. The number of aliphatic hydroxyl groups is 1. The number of hydrogen-bond acceptors (Lipinski definition) is 4. The van der Waals surface area contributed by atoms with E-state index in [1.807, 2.05) is 35.2 Å². The Bertz CT molecular complexity index is 536. The van der Waals surface area contributed by atoms with Gasteiger partial charge in [0.25, 0.3) is 0 Å². The molecule has 1 aliphatic heterocycles. The normalized spacial score (nSPS) is 26.6. The third-order valence-corrected chi connectivity index (χ3v) is 5.36. The first kappa shape index (κ1) is 18.2. The van der Waals surface area contributed by atoms with E-state index in [4.69, 9.17) is 9.47 Å². The average Bonchev–Trinajstić information content (AvgIpc) is 3.12. The first-order valence-electron chi connectivity index (χ1n) is 9.49. The fraction of sp³-hybridized carbons (Fsp3) is 0.650. The lowest BCUT2D eigenvalue weighted by Gasteiger charge is -2.37. The Balaban J connectivity index is 1.39. The van der Waals surface area contributed by atoms with E-state index in [9.17, 15) is 9.90 Å². The molecule has 0 radical (unpaired) electrons. The summed E-state index contributed by atoms with van der Waals surface area (Å²) in [6.45, 7) is 1.71. The maximum atomic E-state index is 12.5. The van der Waals surface area contributed by atoms with E-state index in [1.54, 1.807) is 0 Å². The number of rotatable bonds is 7. The molecule has 2 aliphatic rings. The van der Waals surface area contributed by atoms with Gasteiger partial charge in [0.2, 0.25) is 5.91 Å². The summed E-state index contributed by atoms with van der Waals surface area (Å²) in [7, 11) is 0. The second-order valence-corrected chi connectivity index (χ2v) is 7.03. The summed E-state index contributed by atoms with van der Waals surface area (Å²) in [6, 6.07) is 9.77. The van der Waals surface area contributed by atoms with Crippen LogP contribution in [-0.4, -0.2) is 54.4 Å². The van der Waals surface area contributed by atoms with Crippen molar-refractivity contribution in [3.05, 3.63) is 30.3 Å². The largest absolute Gasteiger partial charge is 0.491 e. The number of benzene rings is 1. The lowest BCUT2D eigenvalue weighted by atomic mass is 9.80. The first-order chi connectivity index (χ1) is 12.3. The number of para-hydroxylation sites is 1. The monoisotopic (exact) mass is 347 g/mol. The van der Waals surface area contributed by atoms with Crippen molar-refractivity contribution < 1.29 is 19.4 Å². The summed E-state index contributed by atoms with van der Waals surface area (Å²) in [5.74, 6) is 1.09. The predicted molar refractivity (Wildman–Crippen MR) is 95.5 cm³/mol. The fourth-order valence-electron chi connectivity index (χ4n) is 4.11. The van der Waals surface area contributed by atoms with E-state index in [0.29, 0.717) is 13.2 Å². The van der Waals surface area contributed by atoms with Crippen LogP contribution < -0.4 is 4.74 Å². The number of hydrogen-bond donors (Lipinski definition) is 1. The van der Waals surface area contributed by atoms with Crippen molar-refractivity contribution in [3.63, 3.8) is 0 Å². The minimum absolute atomic E-state index is 0.0417. The van der Waals surface area contributed by atoms with Crippen LogP contribution in [0.1, 0.15) is 38.5 Å². The van der Waals surface area contributed by atoms with Gasteiger partial charge in [0.05, 0.1) is 12.7 Å². The molecule has 1 aromatic carbocycles. The Morgan fingerprint density at radius 2 is 1.88 bits per heavy atom. The zero-order valence-corrected chi connectivity index (χ0v) is 14.8. The van der Waals surface area contributed by atoms with Crippen LogP contribution >= 0.6 is 0 Å². The van der Waals surface area contributed by atoms with Gasteiger partial charge in [-0.15, -0.1) is 0 Å². The van der Waals surface area contributed by atoms with Gasteiger partial charge in [-0.05, 0) is 37.8 Å². The minimum Gasteiger partial charge on any atom is -0.491 e.